The minimum Gasteiger partial charge on any atom is -0.354 e. The number of nitrogens with one attached hydrogen (secondary N) is 1. The van der Waals surface area contributed by atoms with Gasteiger partial charge in [-0.1, -0.05) is 18.5 Å². The Morgan fingerprint density at radius 1 is 1.25 bits per heavy atom. The number of hydrogen-bond acceptors (Lipinski definition) is 4. The van der Waals surface area contributed by atoms with Crippen LogP contribution in [-0.2, 0) is 6.54 Å². The second-order valence-electron chi connectivity index (χ2n) is 5.63. The number of aromatic nitrogens is 1. The maximum absolute atomic E-state index is 6.21. The molecule has 1 aliphatic carbocycles. The highest BCUT2D eigenvalue weighted by Crippen LogP contribution is 2.28. The molecule has 1 saturated carbocycles. The Bertz CT molecular complexity index is 453. The molecule has 0 aromatic carbocycles. The minimum absolute atomic E-state index is 0.741. The van der Waals surface area contributed by atoms with Gasteiger partial charge in [0.2, 0.25) is 0 Å². The number of anilines is 1. The van der Waals surface area contributed by atoms with E-state index in [0.29, 0.717) is 0 Å². The molecular weight excluding hydrogens is 272 g/mol. The lowest BCUT2D eigenvalue weighted by molar-refractivity contribution is 0.247. The Kier molecular flexibility index (Phi) is 4.44. The molecule has 1 saturated heterocycles. The minimum atomic E-state index is 0.741. The summed E-state index contributed by atoms with van der Waals surface area (Å²) >= 11 is 6.21. The first-order valence-corrected chi connectivity index (χ1v) is 8.01. The molecule has 0 bridgehead atoms. The average molecular weight is 295 g/mol. The number of rotatable bonds is 5. The third-order valence-electron chi connectivity index (χ3n) is 4.15. The summed E-state index contributed by atoms with van der Waals surface area (Å²) in [5.41, 5.74) is 0.954. The fourth-order valence-electron chi connectivity index (χ4n) is 2.77. The van der Waals surface area contributed by atoms with E-state index in [1.54, 1.807) is 0 Å². The van der Waals surface area contributed by atoms with Gasteiger partial charge in [-0.2, -0.15) is 0 Å². The first-order chi connectivity index (χ1) is 9.78. The van der Waals surface area contributed by atoms with Crippen LogP contribution in [0.25, 0.3) is 0 Å². The maximum Gasteiger partial charge on any atom is 0.129 e. The fourth-order valence-corrected chi connectivity index (χ4v) is 2.94. The predicted octanol–water partition coefficient (Wildman–Crippen LogP) is 2.13. The molecule has 2 heterocycles. The van der Waals surface area contributed by atoms with Crippen LogP contribution >= 0.6 is 11.6 Å². The van der Waals surface area contributed by atoms with E-state index in [1.807, 2.05) is 12.1 Å². The van der Waals surface area contributed by atoms with Crippen molar-refractivity contribution < 1.29 is 0 Å². The molecule has 1 aromatic rings. The SMILES string of the molecule is CCNCc1nc(N2CCN(C3CC3)CC2)ccc1Cl. The normalized spacial score (nSPS) is 20.4. The van der Waals surface area contributed by atoms with E-state index in [4.69, 9.17) is 16.6 Å². The first kappa shape index (κ1) is 14.1. The average Bonchev–Trinajstić information content (AvgIpc) is 3.31. The highest BCUT2D eigenvalue weighted by atomic mass is 35.5. The molecule has 0 atom stereocenters. The molecule has 1 aromatic heterocycles. The second kappa shape index (κ2) is 6.29. The van der Waals surface area contributed by atoms with E-state index in [1.165, 1.54) is 12.8 Å². The molecule has 1 N–H and O–H groups in total. The van der Waals surface area contributed by atoms with Crippen LogP contribution in [-0.4, -0.2) is 48.6 Å². The van der Waals surface area contributed by atoms with E-state index < -0.39 is 0 Å². The van der Waals surface area contributed by atoms with Gasteiger partial charge in [0.25, 0.3) is 0 Å². The van der Waals surface area contributed by atoms with Crippen molar-refractivity contribution in [3.63, 3.8) is 0 Å². The van der Waals surface area contributed by atoms with Crippen molar-refractivity contribution in [2.24, 2.45) is 0 Å². The molecule has 5 heteroatoms. The monoisotopic (exact) mass is 294 g/mol. The Balaban J connectivity index is 1.64. The molecular formula is C15H23ClN4. The van der Waals surface area contributed by atoms with Crippen LogP contribution in [0.5, 0.6) is 0 Å². The van der Waals surface area contributed by atoms with Gasteiger partial charge in [-0.25, -0.2) is 4.98 Å². The molecule has 0 radical (unpaired) electrons. The van der Waals surface area contributed by atoms with Crippen LogP contribution in [0.3, 0.4) is 0 Å². The van der Waals surface area contributed by atoms with Crippen molar-refractivity contribution >= 4 is 17.4 Å². The Morgan fingerprint density at radius 2 is 2.00 bits per heavy atom. The standard InChI is InChI=1S/C15H23ClN4/c1-2-17-11-14-13(16)5-6-15(18-14)20-9-7-19(8-10-20)12-3-4-12/h5-6,12,17H,2-4,7-11H2,1H3. The van der Waals surface area contributed by atoms with Gasteiger partial charge in [0.1, 0.15) is 5.82 Å². The lowest BCUT2D eigenvalue weighted by Gasteiger charge is -2.35. The molecule has 0 spiro atoms. The topological polar surface area (TPSA) is 31.4 Å². The van der Waals surface area contributed by atoms with Crippen LogP contribution in [0.15, 0.2) is 12.1 Å². The van der Waals surface area contributed by atoms with E-state index in [9.17, 15) is 0 Å². The smallest absolute Gasteiger partial charge is 0.129 e. The molecule has 2 aliphatic rings. The summed E-state index contributed by atoms with van der Waals surface area (Å²) in [6, 6.07) is 4.90. The lowest BCUT2D eigenvalue weighted by atomic mass is 10.2. The summed E-state index contributed by atoms with van der Waals surface area (Å²) in [5, 5.41) is 4.05. The third-order valence-corrected chi connectivity index (χ3v) is 4.49. The van der Waals surface area contributed by atoms with Crippen molar-refractivity contribution in [2.75, 3.05) is 37.6 Å². The zero-order valence-electron chi connectivity index (χ0n) is 12.1. The largest absolute Gasteiger partial charge is 0.354 e. The molecule has 0 unspecified atom stereocenters. The molecule has 3 rings (SSSR count). The van der Waals surface area contributed by atoms with E-state index in [0.717, 1.165) is 61.8 Å². The van der Waals surface area contributed by atoms with Gasteiger partial charge in [0.05, 0.1) is 10.7 Å². The molecule has 1 aliphatic heterocycles. The molecule has 110 valence electrons. The predicted molar refractivity (Wildman–Crippen MR) is 83.4 cm³/mol. The number of piperazine rings is 1. The maximum atomic E-state index is 6.21. The van der Waals surface area contributed by atoms with Crippen LogP contribution in [0, 0.1) is 0 Å². The zero-order valence-corrected chi connectivity index (χ0v) is 12.9. The van der Waals surface area contributed by atoms with Gasteiger partial charge in [-0.3, -0.25) is 4.90 Å². The highest BCUT2D eigenvalue weighted by molar-refractivity contribution is 6.31. The van der Waals surface area contributed by atoms with Crippen LogP contribution in [0.1, 0.15) is 25.5 Å². The van der Waals surface area contributed by atoms with Gasteiger partial charge < -0.3 is 10.2 Å². The first-order valence-electron chi connectivity index (χ1n) is 7.63. The van der Waals surface area contributed by atoms with Crippen molar-refractivity contribution in [1.29, 1.82) is 0 Å². The van der Waals surface area contributed by atoms with E-state index in [2.05, 4.69) is 22.0 Å². The quantitative estimate of drug-likeness (QED) is 0.901. The van der Waals surface area contributed by atoms with Crippen LogP contribution in [0.2, 0.25) is 5.02 Å². The molecule has 0 amide bonds. The van der Waals surface area contributed by atoms with Crippen molar-refractivity contribution in [3.8, 4) is 0 Å². The molecule has 20 heavy (non-hydrogen) atoms. The zero-order chi connectivity index (χ0) is 13.9. The van der Waals surface area contributed by atoms with Gasteiger partial charge >= 0.3 is 0 Å². The highest BCUT2D eigenvalue weighted by Gasteiger charge is 2.31. The van der Waals surface area contributed by atoms with Crippen LogP contribution in [0.4, 0.5) is 5.82 Å². The lowest BCUT2D eigenvalue weighted by Crippen LogP contribution is -2.47. The summed E-state index contributed by atoms with van der Waals surface area (Å²) < 4.78 is 0. The summed E-state index contributed by atoms with van der Waals surface area (Å²) in [6.07, 6.45) is 2.79. The Labute approximate surface area is 126 Å². The van der Waals surface area contributed by atoms with Gasteiger partial charge in [0, 0.05) is 38.8 Å². The third kappa shape index (κ3) is 3.25. The second-order valence-corrected chi connectivity index (χ2v) is 6.04. The number of nitrogens with zero attached hydrogens (tertiary/aromatic N) is 3. The van der Waals surface area contributed by atoms with Crippen molar-refractivity contribution in [2.45, 2.75) is 32.4 Å². The summed E-state index contributed by atoms with van der Waals surface area (Å²) in [6.45, 7) is 8.24. The molecule has 4 nitrogen and oxygen atoms in total. The Morgan fingerprint density at radius 3 is 2.65 bits per heavy atom. The Hall–Kier alpha value is -0.840. The molecule has 2 fully saturated rings. The summed E-state index contributed by atoms with van der Waals surface area (Å²) in [7, 11) is 0. The van der Waals surface area contributed by atoms with E-state index >= 15 is 0 Å². The number of halogens is 1. The van der Waals surface area contributed by atoms with Gasteiger partial charge in [0.15, 0.2) is 0 Å². The van der Waals surface area contributed by atoms with E-state index in [-0.39, 0.29) is 0 Å². The van der Waals surface area contributed by atoms with Gasteiger partial charge in [-0.15, -0.1) is 0 Å². The summed E-state index contributed by atoms with van der Waals surface area (Å²) in [5.74, 6) is 1.07. The summed E-state index contributed by atoms with van der Waals surface area (Å²) in [4.78, 5) is 9.73. The van der Waals surface area contributed by atoms with Crippen molar-refractivity contribution in [3.05, 3.63) is 22.8 Å². The van der Waals surface area contributed by atoms with Gasteiger partial charge in [-0.05, 0) is 31.5 Å². The fraction of sp³-hybridized carbons (Fsp3) is 0.667. The van der Waals surface area contributed by atoms with Crippen LogP contribution < -0.4 is 10.2 Å². The number of hydrogen-bond donors (Lipinski definition) is 1. The number of pyridine rings is 1. The van der Waals surface area contributed by atoms with Crippen molar-refractivity contribution in [1.82, 2.24) is 15.2 Å².